The van der Waals surface area contributed by atoms with Crippen LogP contribution >= 0.6 is 0 Å². The number of nitrogens with one attached hydrogen (secondary N) is 1. The van der Waals surface area contributed by atoms with Crippen LogP contribution in [0.15, 0.2) is 42.5 Å². The molecule has 0 aliphatic carbocycles. The molecular formula is C14H17N3O. The first-order valence-electron chi connectivity index (χ1n) is 5.81. The summed E-state index contributed by atoms with van der Waals surface area (Å²) in [4.78, 5) is 0. The smallest absolute Gasteiger partial charge is 0.0604 e. The molecule has 94 valence electrons. The van der Waals surface area contributed by atoms with Crippen molar-refractivity contribution < 1.29 is 5.11 Å². The number of para-hydroxylation sites is 1. The van der Waals surface area contributed by atoms with Gasteiger partial charge in [0, 0.05) is 34.7 Å². The largest absolute Gasteiger partial charge is 0.399 e. The first-order valence-corrected chi connectivity index (χ1v) is 5.81. The van der Waals surface area contributed by atoms with Crippen LogP contribution in [0.2, 0.25) is 0 Å². The Balaban J connectivity index is 2.48. The fourth-order valence-corrected chi connectivity index (χ4v) is 1.87. The van der Waals surface area contributed by atoms with E-state index in [0.717, 1.165) is 16.8 Å². The number of aliphatic hydroxyl groups excluding tert-OH is 1. The van der Waals surface area contributed by atoms with Crippen LogP contribution in [0.1, 0.15) is 0 Å². The van der Waals surface area contributed by atoms with Gasteiger partial charge in [0.1, 0.15) is 0 Å². The predicted molar refractivity (Wildman–Crippen MR) is 76.3 cm³/mol. The minimum atomic E-state index is 0.0775. The first kappa shape index (κ1) is 12.3. The fourth-order valence-electron chi connectivity index (χ4n) is 1.87. The highest BCUT2D eigenvalue weighted by Crippen LogP contribution is 2.33. The molecule has 0 saturated heterocycles. The van der Waals surface area contributed by atoms with Crippen LogP contribution in [0.5, 0.6) is 0 Å². The van der Waals surface area contributed by atoms with Crippen LogP contribution in [-0.4, -0.2) is 18.3 Å². The number of aliphatic hydroxyl groups is 1. The second-order valence-corrected chi connectivity index (χ2v) is 4.04. The van der Waals surface area contributed by atoms with Crippen LogP contribution in [0, 0.1) is 0 Å². The number of nitrogen functional groups attached to an aromatic ring is 2. The van der Waals surface area contributed by atoms with E-state index in [9.17, 15) is 0 Å². The lowest BCUT2D eigenvalue weighted by molar-refractivity contribution is 0.311. The quantitative estimate of drug-likeness (QED) is 0.618. The van der Waals surface area contributed by atoms with Gasteiger partial charge in [-0.05, 0) is 24.3 Å². The van der Waals surface area contributed by atoms with Gasteiger partial charge in [-0.2, -0.15) is 0 Å². The molecule has 4 heteroatoms. The highest BCUT2D eigenvalue weighted by molar-refractivity contribution is 5.86. The zero-order valence-electron chi connectivity index (χ0n) is 10.1. The highest BCUT2D eigenvalue weighted by atomic mass is 16.3. The van der Waals surface area contributed by atoms with Crippen LogP contribution in [0.4, 0.5) is 17.1 Å². The molecule has 6 N–H and O–H groups in total. The Kier molecular flexibility index (Phi) is 3.69. The van der Waals surface area contributed by atoms with Crippen molar-refractivity contribution in [1.29, 1.82) is 0 Å². The average Bonchev–Trinajstić information content (AvgIpc) is 2.38. The van der Waals surface area contributed by atoms with E-state index >= 15 is 0 Å². The van der Waals surface area contributed by atoms with E-state index in [1.54, 1.807) is 0 Å². The maximum Gasteiger partial charge on any atom is 0.0604 e. The number of benzene rings is 2. The van der Waals surface area contributed by atoms with E-state index in [2.05, 4.69) is 5.32 Å². The van der Waals surface area contributed by atoms with Gasteiger partial charge in [-0.1, -0.05) is 18.2 Å². The Morgan fingerprint density at radius 2 is 1.78 bits per heavy atom. The summed E-state index contributed by atoms with van der Waals surface area (Å²) in [6.07, 6.45) is 0. The van der Waals surface area contributed by atoms with Crippen molar-refractivity contribution in [2.75, 3.05) is 29.9 Å². The lowest BCUT2D eigenvalue weighted by atomic mass is 10.0. The van der Waals surface area contributed by atoms with Gasteiger partial charge in [0.2, 0.25) is 0 Å². The van der Waals surface area contributed by atoms with Crippen molar-refractivity contribution in [2.45, 2.75) is 0 Å². The van der Waals surface area contributed by atoms with Gasteiger partial charge in [0.25, 0.3) is 0 Å². The molecule has 0 bridgehead atoms. The molecule has 18 heavy (non-hydrogen) atoms. The summed E-state index contributed by atoms with van der Waals surface area (Å²) in [6, 6.07) is 13.2. The summed E-state index contributed by atoms with van der Waals surface area (Å²) >= 11 is 0. The third-order valence-corrected chi connectivity index (χ3v) is 2.72. The molecule has 2 rings (SSSR count). The first-order chi connectivity index (χ1) is 8.72. The molecule has 0 spiro atoms. The summed E-state index contributed by atoms with van der Waals surface area (Å²) in [5, 5.41) is 12.0. The Morgan fingerprint density at radius 3 is 2.50 bits per heavy atom. The topological polar surface area (TPSA) is 84.3 Å². The lowest BCUT2D eigenvalue weighted by Crippen LogP contribution is -2.07. The van der Waals surface area contributed by atoms with Crippen molar-refractivity contribution in [3.8, 4) is 11.1 Å². The molecule has 0 atom stereocenters. The molecule has 0 radical (unpaired) electrons. The average molecular weight is 243 g/mol. The van der Waals surface area contributed by atoms with E-state index < -0.39 is 0 Å². The predicted octanol–water partition coefficient (Wildman–Crippen LogP) is 1.92. The Hall–Kier alpha value is -2.20. The van der Waals surface area contributed by atoms with Gasteiger partial charge in [-0.3, -0.25) is 0 Å². The molecule has 0 heterocycles. The van der Waals surface area contributed by atoms with E-state index in [0.29, 0.717) is 17.9 Å². The van der Waals surface area contributed by atoms with Crippen molar-refractivity contribution in [3.05, 3.63) is 42.5 Å². The molecule has 2 aromatic carbocycles. The highest BCUT2D eigenvalue weighted by Gasteiger charge is 2.08. The Bertz CT molecular complexity index is 540. The molecule has 0 aliphatic rings. The monoisotopic (exact) mass is 243 g/mol. The second-order valence-electron chi connectivity index (χ2n) is 4.04. The molecule has 0 fully saturated rings. The van der Waals surface area contributed by atoms with Crippen LogP contribution in [0.25, 0.3) is 11.1 Å². The second kappa shape index (κ2) is 5.42. The van der Waals surface area contributed by atoms with Crippen molar-refractivity contribution in [1.82, 2.24) is 0 Å². The number of nitrogens with two attached hydrogens (primary N) is 2. The molecule has 4 nitrogen and oxygen atoms in total. The van der Waals surface area contributed by atoms with Crippen molar-refractivity contribution >= 4 is 17.1 Å². The Labute approximate surface area is 106 Å². The minimum absolute atomic E-state index is 0.0775. The summed E-state index contributed by atoms with van der Waals surface area (Å²) in [7, 11) is 0. The van der Waals surface area contributed by atoms with E-state index in [-0.39, 0.29) is 6.61 Å². The molecule has 0 amide bonds. The molecule has 0 aromatic heterocycles. The third-order valence-electron chi connectivity index (χ3n) is 2.72. The van der Waals surface area contributed by atoms with Gasteiger partial charge in [-0.15, -0.1) is 0 Å². The van der Waals surface area contributed by atoms with Gasteiger partial charge in [0.05, 0.1) is 6.61 Å². The molecule has 2 aromatic rings. The third kappa shape index (κ3) is 2.55. The summed E-state index contributed by atoms with van der Waals surface area (Å²) in [6.45, 7) is 0.567. The van der Waals surface area contributed by atoms with E-state index in [4.69, 9.17) is 16.6 Å². The molecule has 0 saturated carbocycles. The fraction of sp³-hybridized carbons (Fsp3) is 0.143. The van der Waals surface area contributed by atoms with Crippen molar-refractivity contribution in [2.24, 2.45) is 0 Å². The van der Waals surface area contributed by atoms with Gasteiger partial charge >= 0.3 is 0 Å². The van der Waals surface area contributed by atoms with E-state index in [1.165, 1.54) is 0 Å². The standard InChI is InChI=1S/C14H17N3O/c15-10-5-6-14(17-7-8-18)12(9-10)11-3-1-2-4-13(11)16/h1-6,9,17-18H,7-8,15-16H2. The van der Waals surface area contributed by atoms with E-state index in [1.807, 2.05) is 42.5 Å². The van der Waals surface area contributed by atoms with Crippen LogP contribution in [-0.2, 0) is 0 Å². The zero-order chi connectivity index (χ0) is 13.0. The lowest BCUT2D eigenvalue weighted by Gasteiger charge is -2.14. The SMILES string of the molecule is Nc1ccc(NCCO)c(-c2ccccc2N)c1. The van der Waals surface area contributed by atoms with Gasteiger partial charge in [0.15, 0.2) is 0 Å². The van der Waals surface area contributed by atoms with Gasteiger partial charge < -0.3 is 21.9 Å². The summed E-state index contributed by atoms with van der Waals surface area (Å²) < 4.78 is 0. The normalized spacial score (nSPS) is 10.3. The Morgan fingerprint density at radius 1 is 1.00 bits per heavy atom. The number of hydrogen-bond acceptors (Lipinski definition) is 4. The summed E-state index contributed by atoms with van der Waals surface area (Å²) in [5.41, 5.74) is 16.0. The van der Waals surface area contributed by atoms with Gasteiger partial charge in [-0.25, -0.2) is 0 Å². The molecular weight excluding hydrogens is 226 g/mol. The molecule has 0 unspecified atom stereocenters. The summed E-state index contributed by atoms with van der Waals surface area (Å²) in [5.74, 6) is 0. The molecule has 0 aliphatic heterocycles. The van der Waals surface area contributed by atoms with Crippen molar-refractivity contribution in [3.63, 3.8) is 0 Å². The number of anilines is 3. The maximum atomic E-state index is 8.89. The van der Waals surface area contributed by atoms with Crippen LogP contribution in [0.3, 0.4) is 0 Å². The zero-order valence-corrected chi connectivity index (χ0v) is 10.1. The number of rotatable bonds is 4. The van der Waals surface area contributed by atoms with Crippen LogP contribution < -0.4 is 16.8 Å². The minimum Gasteiger partial charge on any atom is -0.399 e. The maximum absolute atomic E-state index is 8.89. The number of hydrogen-bond donors (Lipinski definition) is 4.